The minimum atomic E-state index is 0.485. The van der Waals surface area contributed by atoms with Gasteiger partial charge in [-0.05, 0) is 29.8 Å². The van der Waals surface area contributed by atoms with Crippen LogP contribution < -0.4 is 11.1 Å². The van der Waals surface area contributed by atoms with E-state index in [9.17, 15) is 0 Å². The Balaban J connectivity index is 1.84. The Labute approximate surface area is 122 Å². The smallest absolute Gasteiger partial charge is 0.101 e. The van der Waals surface area contributed by atoms with Crippen LogP contribution in [0, 0.1) is 11.3 Å². The molecule has 0 fully saturated rings. The number of nitrogens with one attached hydrogen (secondary N) is 1. The number of hydrogen-bond donors (Lipinski definition) is 2. The fraction of sp³-hybridized carbons (Fsp3) is 0.0588. The predicted molar refractivity (Wildman–Crippen MR) is 84.6 cm³/mol. The van der Waals surface area contributed by atoms with Gasteiger partial charge in [0.1, 0.15) is 6.07 Å². The van der Waals surface area contributed by atoms with Crippen LogP contribution >= 0.6 is 0 Å². The number of fused-ring (bicyclic) bond motifs is 1. The van der Waals surface area contributed by atoms with E-state index in [-0.39, 0.29) is 0 Å². The third kappa shape index (κ3) is 2.63. The molecular weight excluding hydrogens is 260 g/mol. The molecule has 3 aromatic rings. The highest BCUT2D eigenvalue weighted by atomic mass is 14.9. The lowest BCUT2D eigenvalue weighted by atomic mass is 10.1. The summed E-state index contributed by atoms with van der Waals surface area (Å²) < 4.78 is 0. The van der Waals surface area contributed by atoms with Gasteiger partial charge >= 0.3 is 0 Å². The van der Waals surface area contributed by atoms with Gasteiger partial charge in [-0.3, -0.25) is 4.98 Å². The van der Waals surface area contributed by atoms with Crippen LogP contribution in [0.15, 0.2) is 54.7 Å². The number of nitrogens with zero attached hydrogens (tertiary/aromatic N) is 2. The number of nitrogen functional groups attached to an aromatic ring is 1. The number of nitrogens with two attached hydrogens (primary N) is 1. The number of anilines is 2. The van der Waals surface area contributed by atoms with Gasteiger partial charge in [0.15, 0.2) is 0 Å². The van der Waals surface area contributed by atoms with Crippen molar-refractivity contribution in [1.29, 1.82) is 5.26 Å². The summed E-state index contributed by atoms with van der Waals surface area (Å²) in [6.07, 6.45) is 1.80. The number of pyridine rings is 1. The van der Waals surface area contributed by atoms with Gasteiger partial charge in [-0.15, -0.1) is 0 Å². The van der Waals surface area contributed by atoms with Crippen molar-refractivity contribution in [1.82, 2.24) is 4.98 Å². The average molecular weight is 274 g/mol. The average Bonchev–Trinajstić information content (AvgIpc) is 2.53. The summed E-state index contributed by atoms with van der Waals surface area (Å²) in [5.74, 6) is 0. The number of nitriles is 1. The third-order valence-electron chi connectivity index (χ3n) is 3.37. The van der Waals surface area contributed by atoms with Crippen LogP contribution in [-0.2, 0) is 6.54 Å². The zero-order valence-electron chi connectivity index (χ0n) is 11.4. The first-order chi connectivity index (χ1) is 10.3. The van der Waals surface area contributed by atoms with E-state index in [1.54, 1.807) is 18.3 Å². The van der Waals surface area contributed by atoms with Crippen molar-refractivity contribution in [2.45, 2.75) is 6.54 Å². The largest absolute Gasteiger partial charge is 0.398 e. The summed E-state index contributed by atoms with van der Waals surface area (Å²) in [5, 5.41) is 13.3. The van der Waals surface area contributed by atoms with E-state index in [0.29, 0.717) is 17.8 Å². The van der Waals surface area contributed by atoms with E-state index in [2.05, 4.69) is 22.4 Å². The Morgan fingerprint density at radius 1 is 1.14 bits per heavy atom. The van der Waals surface area contributed by atoms with Crippen LogP contribution in [0.25, 0.3) is 10.9 Å². The lowest BCUT2D eigenvalue weighted by molar-refractivity contribution is 1.15. The van der Waals surface area contributed by atoms with E-state index < -0.39 is 0 Å². The van der Waals surface area contributed by atoms with Gasteiger partial charge in [-0.25, -0.2) is 0 Å². The number of para-hydroxylation sites is 1. The van der Waals surface area contributed by atoms with Crippen molar-refractivity contribution in [2.75, 3.05) is 11.1 Å². The molecule has 102 valence electrons. The number of hydrogen-bond acceptors (Lipinski definition) is 4. The van der Waals surface area contributed by atoms with Crippen molar-refractivity contribution in [3.05, 3.63) is 65.9 Å². The molecule has 4 heteroatoms. The van der Waals surface area contributed by atoms with Crippen molar-refractivity contribution >= 4 is 22.3 Å². The van der Waals surface area contributed by atoms with Gasteiger partial charge in [0.05, 0.1) is 16.8 Å². The summed E-state index contributed by atoms with van der Waals surface area (Å²) in [7, 11) is 0. The lowest BCUT2D eigenvalue weighted by Gasteiger charge is -2.09. The van der Waals surface area contributed by atoms with Crippen LogP contribution in [0.3, 0.4) is 0 Å². The quantitative estimate of drug-likeness (QED) is 0.718. The molecule has 0 atom stereocenters. The molecule has 0 spiro atoms. The zero-order chi connectivity index (χ0) is 14.7. The maximum Gasteiger partial charge on any atom is 0.101 e. The second kappa shape index (κ2) is 5.51. The molecule has 3 N–H and O–H groups in total. The Bertz CT molecular complexity index is 828. The summed E-state index contributed by atoms with van der Waals surface area (Å²) >= 11 is 0. The van der Waals surface area contributed by atoms with Crippen LogP contribution in [-0.4, -0.2) is 4.98 Å². The molecule has 21 heavy (non-hydrogen) atoms. The number of aromatic nitrogens is 1. The molecule has 1 aromatic heterocycles. The third-order valence-corrected chi connectivity index (χ3v) is 3.37. The number of benzene rings is 2. The molecule has 2 aromatic carbocycles. The topological polar surface area (TPSA) is 74.7 Å². The highest BCUT2D eigenvalue weighted by Gasteiger charge is 2.03. The monoisotopic (exact) mass is 274 g/mol. The van der Waals surface area contributed by atoms with Gasteiger partial charge < -0.3 is 11.1 Å². The number of rotatable bonds is 3. The summed E-state index contributed by atoms with van der Waals surface area (Å²) in [6, 6.07) is 17.5. The van der Waals surface area contributed by atoms with Crippen LogP contribution in [0.1, 0.15) is 11.1 Å². The van der Waals surface area contributed by atoms with E-state index in [0.717, 1.165) is 22.2 Å². The molecule has 0 aliphatic heterocycles. The molecule has 3 rings (SSSR count). The van der Waals surface area contributed by atoms with Gasteiger partial charge in [0, 0.05) is 23.8 Å². The molecule has 0 bridgehead atoms. The maximum absolute atomic E-state index is 8.88. The van der Waals surface area contributed by atoms with Crippen molar-refractivity contribution in [3.8, 4) is 6.07 Å². The molecule has 4 nitrogen and oxygen atoms in total. The molecule has 0 unspecified atom stereocenters. The van der Waals surface area contributed by atoms with E-state index in [1.165, 1.54) is 0 Å². The summed E-state index contributed by atoms with van der Waals surface area (Å²) in [4.78, 5) is 4.43. The highest BCUT2D eigenvalue weighted by Crippen LogP contribution is 2.20. The first-order valence-electron chi connectivity index (χ1n) is 6.64. The maximum atomic E-state index is 8.88. The Morgan fingerprint density at radius 3 is 2.81 bits per heavy atom. The Hall–Kier alpha value is -3.06. The zero-order valence-corrected chi connectivity index (χ0v) is 11.4. The van der Waals surface area contributed by atoms with E-state index >= 15 is 0 Å². The molecule has 0 aliphatic carbocycles. The minimum Gasteiger partial charge on any atom is -0.398 e. The normalized spacial score (nSPS) is 10.2. The second-order valence-corrected chi connectivity index (χ2v) is 4.76. The standard InChI is InChI=1S/C17H14N4/c18-10-13-6-7-15(9-16(13)19)21-11-14-4-1-3-12-5-2-8-20-17(12)14/h1-9,21H,11,19H2. The lowest BCUT2D eigenvalue weighted by Crippen LogP contribution is -2.02. The summed E-state index contributed by atoms with van der Waals surface area (Å²) in [5.41, 5.74) is 9.80. The molecular formula is C17H14N4. The predicted octanol–water partition coefficient (Wildman–Crippen LogP) is 3.30. The molecule has 0 amide bonds. The first-order valence-corrected chi connectivity index (χ1v) is 6.64. The van der Waals surface area contributed by atoms with Crippen molar-refractivity contribution in [2.24, 2.45) is 0 Å². The van der Waals surface area contributed by atoms with E-state index in [1.807, 2.05) is 30.3 Å². The Morgan fingerprint density at radius 2 is 2.00 bits per heavy atom. The summed E-state index contributed by atoms with van der Waals surface area (Å²) in [6.45, 7) is 0.652. The Kier molecular flexibility index (Phi) is 3.40. The molecule has 1 heterocycles. The van der Waals surface area contributed by atoms with Crippen LogP contribution in [0.4, 0.5) is 11.4 Å². The minimum absolute atomic E-state index is 0.485. The van der Waals surface area contributed by atoms with Gasteiger partial charge in [0.25, 0.3) is 0 Å². The highest BCUT2D eigenvalue weighted by molar-refractivity contribution is 5.81. The van der Waals surface area contributed by atoms with Crippen LogP contribution in [0.2, 0.25) is 0 Å². The molecule has 0 radical (unpaired) electrons. The van der Waals surface area contributed by atoms with Gasteiger partial charge in [0.2, 0.25) is 0 Å². The van der Waals surface area contributed by atoms with E-state index in [4.69, 9.17) is 11.0 Å². The SMILES string of the molecule is N#Cc1ccc(NCc2cccc3cccnc23)cc1N. The first kappa shape index (κ1) is 12.9. The second-order valence-electron chi connectivity index (χ2n) is 4.76. The van der Waals surface area contributed by atoms with Crippen molar-refractivity contribution in [3.63, 3.8) is 0 Å². The fourth-order valence-electron chi connectivity index (χ4n) is 2.28. The molecule has 0 saturated carbocycles. The van der Waals surface area contributed by atoms with Crippen LogP contribution in [0.5, 0.6) is 0 Å². The van der Waals surface area contributed by atoms with Gasteiger partial charge in [-0.1, -0.05) is 24.3 Å². The van der Waals surface area contributed by atoms with Crippen molar-refractivity contribution < 1.29 is 0 Å². The molecule has 0 aliphatic rings. The molecule has 0 saturated heterocycles. The fourth-order valence-corrected chi connectivity index (χ4v) is 2.28. The van der Waals surface area contributed by atoms with Gasteiger partial charge in [-0.2, -0.15) is 5.26 Å².